The summed E-state index contributed by atoms with van der Waals surface area (Å²) >= 11 is 17.5. The Morgan fingerprint density at radius 2 is 1.95 bits per heavy atom. The summed E-state index contributed by atoms with van der Waals surface area (Å²) in [4.78, 5) is 26.7. The van der Waals surface area contributed by atoms with Crippen LogP contribution in [0.25, 0.3) is 0 Å². The average molecular weight is 336 g/mol. The van der Waals surface area contributed by atoms with Crippen LogP contribution in [0.15, 0.2) is 18.3 Å². The first-order valence-electron chi connectivity index (χ1n) is 5.61. The fourth-order valence-electron chi connectivity index (χ4n) is 1.83. The van der Waals surface area contributed by atoms with Crippen molar-refractivity contribution < 1.29 is 14.7 Å². The van der Waals surface area contributed by atoms with E-state index in [1.165, 1.54) is 12.3 Å². The lowest BCUT2D eigenvalue weighted by atomic mass is 10.1. The highest BCUT2D eigenvalue weighted by atomic mass is 35.5. The Morgan fingerprint density at radius 3 is 2.55 bits per heavy atom. The Morgan fingerprint density at radius 1 is 1.25 bits per heavy atom. The van der Waals surface area contributed by atoms with Crippen LogP contribution in [-0.2, 0) is 4.79 Å². The summed E-state index contributed by atoms with van der Waals surface area (Å²) in [5.74, 6) is -2.06. The molecule has 20 heavy (non-hydrogen) atoms. The van der Waals surface area contributed by atoms with E-state index < -0.39 is 17.8 Å². The predicted molar refractivity (Wildman–Crippen MR) is 75.4 cm³/mol. The predicted octanol–water partition coefficient (Wildman–Crippen LogP) is 2.80. The van der Waals surface area contributed by atoms with Gasteiger partial charge in [0, 0.05) is 12.2 Å². The van der Waals surface area contributed by atoms with Crippen molar-refractivity contribution in [3.05, 3.63) is 39.1 Å². The highest BCUT2D eigenvalue weighted by molar-refractivity contribution is 6.48. The normalized spacial score (nSPS) is 20.9. The Balaban J connectivity index is 2.09. The van der Waals surface area contributed by atoms with Crippen LogP contribution in [0, 0.1) is 5.92 Å². The molecule has 1 heterocycles. The molecule has 1 aromatic heterocycles. The molecule has 0 aromatic carbocycles. The van der Waals surface area contributed by atoms with Gasteiger partial charge >= 0.3 is 5.97 Å². The van der Waals surface area contributed by atoms with E-state index in [1.54, 1.807) is 6.08 Å². The van der Waals surface area contributed by atoms with Crippen LogP contribution in [-0.4, -0.2) is 28.0 Å². The quantitative estimate of drug-likeness (QED) is 0.833. The second-order valence-corrected chi connectivity index (χ2v) is 5.39. The zero-order chi connectivity index (χ0) is 14.9. The number of hydrogen-bond acceptors (Lipinski definition) is 3. The number of carboxylic acid groups (broad SMARTS) is 1. The van der Waals surface area contributed by atoms with Gasteiger partial charge in [-0.3, -0.25) is 9.59 Å². The van der Waals surface area contributed by atoms with E-state index in [4.69, 9.17) is 39.9 Å². The molecule has 1 aliphatic rings. The van der Waals surface area contributed by atoms with Gasteiger partial charge in [0.05, 0.1) is 21.0 Å². The van der Waals surface area contributed by atoms with Crippen molar-refractivity contribution >= 4 is 46.7 Å². The second-order valence-electron chi connectivity index (χ2n) is 4.23. The maximum Gasteiger partial charge on any atom is 0.310 e. The van der Waals surface area contributed by atoms with Crippen molar-refractivity contribution in [2.75, 3.05) is 0 Å². The van der Waals surface area contributed by atoms with Gasteiger partial charge < -0.3 is 10.4 Å². The molecule has 2 atom stereocenters. The molecule has 0 radical (unpaired) electrons. The number of amides is 1. The van der Waals surface area contributed by atoms with Gasteiger partial charge in [-0.05, 0) is 6.42 Å². The fourth-order valence-corrected chi connectivity index (χ4v) is 2.39. The third-order valence-corrected chi connectivity index (χ3v) is 4.09. The van der Waals surface area contributed by atoms with Crippen LogP contribution in [0.4, 0.5) is 0 Å². The maximum absolute atomic E-state index is 12.0. The van der Waals surface area contributed by atoms with Crippen molar-refractivity contribution in [2.24, 2.45) is 5.92 Å². The third-order valence-electron chi connectivity index (χ3n) is 2.85. The molecule has 0 aliphatic heterocycles. The van der Waals surface area contributed by atoms with Crippen LogP contribution in [0.1, 0.15) is 16.9 Å². The van der Waals surface area contributed by atoms with Crippen molar-refractivity contribution in [1.82, 2.24) is 10.3 Å². The number of rotatable bonds is 3. The summed E-state index contributed by atoms with van der Waals surface area (Å²) in [6, 6.07) is -0.379. The number of aromatic nitrogens is 1. The monoisotopic (exact) mass is 334 g/mol. The van der Waals surface area contributed by atoms with Gasteiger partial charge in [0.1, 0.15) is 5.69 Å². The number of aliphatic carboxylic acids is 1. The number of halogens is 3. The van der Waals surface area contributed by atoms with E-state index in [0.29, 0.717) is 6.42 Å². The second kappa shape index (κ2) is 5.99. The molecule has 5 nitrogen and oxygen atoms in total. The molecule has 106 valence electrons. The molecule has 1 aliphatic carbocycles. The lowest BCUT2D eigenvalue weighted by Gasteiger charge is -2.13. The van der Waals surface area contributed by atoms with Gasteiger partial charge in [-0.25, -0.2) is 4.98 Å². The lowest BCUT2D eigenvalue weighted by Crippen LogP contribution is -2.34. The Hall–Kier alpha value is -1.30. The highest BCUT2D eigenvalue weighted by Gasteiger charge is 2.27. The van der Waals surface area contributed by atoms with Crippen LogP contribution >= 0.6 is 34.8 Å². The van der Waals surface area contributed by atoms with E-state index in [-0.39, 0.29) is 26.8 Å². The maximum atomic E-state index is 12.0. The minimum atomic E-state index is -0.927. The largest absolute Gasteiger partial charge is 0.481 e. The molecular weight excluding hydrogens is 327 g/mol. The van der Waals surface area contributed by atoms with Gasteiger partial charge in [0.15, 0.2) is 0 Å². The highest BCUT2D eigenvalue weighted by Crippen LogP contribution is 2.31. The van der Waals surface area contributed by atoms with Crippen LogP contribution in [0.5, 0.6) is 0 Å². The van der Waals surface area contributed by atoms with Crippen LogP contribution < -0.4 is 5.32 Å². The topological polar surface area (TPSA) is 79.3 Å². The van der Waals surface area contributed by atoms with Gasteiger partial charge in [0.25, 0.3) is 5.91 Å². The first-order valence-corrected chi connectivity index (χ1v) is 6.75. The Kier molecular flexibility index (Phi) is 4.52. The molecule has 0 fully saturated rings. The van der Waals surface area contributed by atoms with Crippen LogP contribution in [0.3, 0.4) is 0 Å². The molecule has 1 amide bonds. The number of hydrogen-bond donors (Lipinski definition) is 2. The average Bonchev–Trinajstić information content (AvgIpc) is 2.84. The lowest BCUT2D eigenvalue weighted by molar-refractivity contribution is -0.140. The molecule has 2 N–H and O–H groups in total. The number of carbonyl (C=O) groups excluding carboxylic acids is 1. The molecule has 2 unspecified atom stereocenters. The number of nitrogens with one attached hydrogen (secondary N) is 1. The van der Waals surface area contributed by atoms with Gasteiger partial charge in [0.2, 0.25) is 0 Å². The number of pyridine rings is 1. The molecule has 0 spiro atoms. The first kappa shape index (κ1) is 15.1. The number of carboxylic acids is 1. The molecule has 8 heteroatoms. The van der Waals surface area contributed by atoms with Crippen molar-refractivity contribution in [3.63, 3.8) is 0 Å². The van der Waals surface area contributed by atoms with Crippen molar-refractivity contribution in [1.29, 1.82) is 0 Å². The Bertz CT molecular complexity index is 604. The molecule has 0 saturated heterocycles. The Labute approximate surface area is 129 Å². The summed E-state index contributed by atoms with van der Waals surface area (Å²) in [6.45, 7) is 0. The van der Waals surface area contributed by atoms with E-state index >= 15 is 0 Å². The third kappa shape index (κ3) is 3.06. The van der Waals surface area contributed by atoms with E-state index in [2.05, 4.69) is 10.3 Å². The standard InChI is InChI=1S/C12H9Cl3N2O3/c13-7-4-16-10(9(15)8(7)14)11(18)17-6-2-1-5(3-6)12(19)20/h1-2,4-6H,3H2,(H,17,18)(H,19,20). The minimum absolute atomic E-state index is 0.0339. The van der Waals surface area contributed by atoms with Gasteiger partial charge in [-0.15, -0.1) is 0 Å². The van der Waals surface area contributed by atoms with Crippen molar-refractivity contribution in [2.45, 2.75) is 12.5 Å². The molecule has 0 saturated carbocycles. The van der Waals surface area contributed by atoms with E-state index in [9.17, 15) is 9.59 Å². The van der Waals surface area contributed by atoms with E-state index in [1.807, 2.05) is 0 Å². The fraction of sp³-hybridized carbons (Fsp3) is 0.250. The molecular formula is C12H9Cl3N2O3. The SMILES string of the molecule is O=C(NC1C=CC(C(=O)O)C1)c1ncc(Cl)c(Cl)c1Cl. The van der Waals surface area contributed by atoms with Crippen LogP contribution in [0.2, 0.25) is 15.1 Å². The summed E-state index contributed by atoms with van der Waals surface area (Å²) in [5, 5.41) is 11.7. The number of nitrogens with zero attached hydrogens (tertiary/aromatic N) is 1. The van der Waals surface area contributed by atoms with Gasteiger partial charge in [-0.2, -0.15) is 0 Å². The first-order chi connectivity index (χ1) is 9.40. The van der Waals surface area contributed by atoms with E-state index in [0.717, 1.165) is 0 Å². The zero-order valence-corrected chi connectivity index (χ0v) is 12.2. The molecule has 1 aromatic rings. The van der Waals surface area contributed by atoms with Gasteiger partial charge in [-0.1, -0.05) is 47.0 Å². The molecule has 0 bridgehead atoms. The molecule has 2 rings (SSSR count). The smallest absolute Gasteiger partial charge is 0.310 e. The summed E-state index contributed by atoms with van der Waals surface area (Å²) in [5.41, 5.74) is -0.0479. The number of carbonyl (C=O) groups is 2. The zero-order valence-electron chi connectivity index (χ0n) is 9.94. The summed E-state index contributed by atoms with van der Waals surface area (Å²) < 4.78 is 0. The minimum Gasteiger partial charge on any atom is -0.481 e. The van der Waals surface area contributed by atoms with Crippen molar-refractivity contribution in [3.8, 4) is 0 Å². The summed E-state index contributed by atoms with van der Waals surface area (Å²) in [6.07, 6.45) is 4.69. The summed E-state index contributed by atoms with van der Waals surface area (Å²) in [7, 11) is 0.